The number of nitrogens with zero attached hydrogens (tertiary/aromatic N) is 2. The van der Waals surface area contributed by atoms with Crippen LogP contribution in [0.2, 0.25) is 0 Å². The van der Waals surface area contributed by atoms with Gasteiger partial charge >= 0.3 is 12.1 Å². The highest BCUT2D eigenvalue weighted by atomic mass is 16.6. The summed E-state index contributed by atoms with van der Waals surface area (Å²) in [6, 6.07) is 0.733. The smallest absolute Gasteiger partial charge is 0.410 e. The normalized spacial score (nSPS) is 28.8. The number of piperidine rings is 1. The Morgan fingerprint density at radius 3 is 2.48 bits per heavy atom. The predicted octanol–water partition coefficient (Wildman–Crippen LogP) is 2.21. The van der Waals surface area contributed by atoms with E-state index in [9.17, 15) is 9.59 Å². The second kappa shape index (κ2) is 8.74. The molecule has 3 saturated heterocycles. The van der Waals surface area contributed by atoms with E-state index >= 15 is 0 Å². The molecule has 7 heteroatoms. The SMILES string of the molecule is CCOC(=O)N1C2CCC1CC(CCCNC(=O)N1CCOCC1)C2. The van der Waals surface area contributed by atoms with E-state index in [1.807, 2.05) is 16.7 Å². The first-order valence-corrected chi connectivity index (χ1v) is 9.74. The molecule has 0 aromatic rings. The lowest BCUT2D eigenvalue weighted by atomic mass is 9.87. The van der Waals surface area contributed by atoms with Crippen molar-refractivity contribution in [2.75, 3.05) is 39.5 Å². The van der Waals surface area contributed by atoms with Gasteiger partial charge in [-0.1, -0.05) is 0 Å². The molecule has 0 spiro atoms. The Bertz CT molecular complexity index is 453. The van der Waals surface area contributed by atoms with E-state index < -0.39 is 0 Å². The van der Waals surface area contributed by atoms with Crippen LogP contribution in [0.15, 0.2) is 0 Å². The quantitative estimate of drug-likeness (QED) is 0.769. The van der Waals surface area contributed by atoms with Gasteiger partial charge in [0.1, 0.15) is 0 Å². The molecule has 7 nitrogen and oxygen atoms in total. The van der Waals surface area contributed by atoms with Gasteiger partial charge in [-0.2, -0.15) is 0 Å². The maximum atomic E-state index is 12.1. The van der Waals surface area contributed by atoms with Crippen LogP contribution >= 0.6 is 0 Å². The standard InChI is InChI=1S/C18H31N3O4/c1-2-25-18(23)21-15-5-6-16(21)13-14(12-15)4-3-7-19-17(22)20-8-10-24-11-9-20/h14-16H,2-13H2,1H3,(H,19,22). The van der Waals surface area contributed by atoms with Crippen LogP contribution in [0.3, 0.4) is 0 Å². The number of hydrogen-bond donors (Lipinski definition) is 1. The third-order valence-electron chi connectivity index (χ3n) is 5.67. The van der Waals surface area contributed by atoms with Gasteiger partial charge in [-0.3, -0.25) is 0 Å². The lowest BCUT2D eigenvalue weighted by molar-refractivity contribution is 0.0529. The summed E-state index contributed by atoms with van der Waals surface area (Å²) in [5.74, 6) is 0.656. The Labute approximate surface area is 150 Å². The van der Waals surface area contributed by atoms with Gasteiger partial charge in [-0.05, 0) is 51.4 Å². The van der Waals surface area contributed by atoms with Crippen LogP contribution in [0.1, 0.15) is 45.4 Å². The van der Waals surface area contributed by atoms with Crippen molar-refractivity contribution in [3.63, 3.8) is 0 Å². The van der Waals surface area contributed by atoms with E-state index in [1.54, 1.807) is 0 Å². The molecular weight excluding hydrogens is 322 g/mol. The Balaban J connectivity index is 1.35. The fraction of sp³-hybridized carbons (Fsp3) is 0.889. The zero-order valence-corrected chi connectivity index (χ0v) is 15.2. The maximum Gasteiger partial charge on any atom is 0.410 e. The summed E-state index contributed by atoms with van der Waals surface area (Å²) in [6.07, 6.45) is 6.35. The van der Waals surface area contributed by atoms with E-state index in [0.717, 1.165) is 45.1 Å². The lowest BCUT2D eigenvalue weighted by Gasteiger charge is -2.38. The molecule has 25 heavy (non-hydrogen) atoms. The molecule has 2 bridgehead atoms. The van der Waals surface area contributed by atoms with Crippen molar-refractivity contribution in [2.24, 2.45) is 5.92 Å². The Hall–Kier alpha value is -1.50. The summed E-state index contributed by atoms with van der Waals surface area (Å²) in [7, 11) is 0. The van der Waals surface area contributed by atoms with Gasteiger partial charge in [0, 0.05) is 31.7 Å². The summed E-state index contributed by atoms with van der Waals surface area (Å²) in [6.45, 7) is 5.66. The summed E-state index contributed by atoms with van der Waals surface area (Å²) in [4.78, 5) is 27.9. The van der Waals surface area contributed by atoms with Crippen LogP contribution in [0.5, 0.6) is 0 Å². The average Bonchev–Trinajstić information content (AvgIpc) is 2.90. The summed E-state index contributed by atoms with van der Waals surface area (Å²) >= 11 is 0. The average molecular weight is 353 g/mol. The molecule has 0 aromatic carbocycles. The van der Waals surface area contributed by atoms with Crippen LogP contribution in [0, 0.1) is 5.92 Å². The highest BCUT2D eigenvalue weighted by Crippen LogP contribution is 2.40. The number of urea groups is 1. The van der Waals surface area contributed by atoms with Gasteiger partial charge in [0.25, 0.3) is 0 Å². The van der Waals surface area contributed by atoms with E-state index in [0.29, 0.717) is 50.9 Å². The molecule has 3 fully saturated rings. The highest BCUT2D eigenvalue weighted by Gasteiger charge is 2.43. The first-order valence-electron chi connectivity index (χ1n) is 9.74. The molecule has 0 aliphatic carbocycles. The number of rotatable bonds is 5. The van der Waals surface area contributed by atoms with Gasteiger partial charge in [-0.15, -0.1) is 0 Å². The van der Waals surface area contributed by atoms with Crippen molar-refractivity contribution in [2.45, 2.75) is 57.5 Å². The molecule has 1 N–H and O–H groups in total. The second-order valence-corrected chi connectivity index (χ2v) is 7.30. The minimum Gasteiger partial charge on any atom is -0.450 e. The minimum absolute atomic E-state index is 0.0282. The third kappa shape index (κ3) is 4.57. The van der Waals surface area contributed by atoms with Gasteiger partial charge < -0.3 is 24.6 Å². The maximum absolute atomic E-state index is 12.1. The van der Waals surface area contributed by atoms with E-state index in [2.05, 4.69) is 5.32 Å². The van der Waals surface area contributed by atoms with Crippen molar-refractivity contribution < 1.29 is 19.1 Å². The molecule has 3 aliphatic heterocycles. The van der Waals surface area contributed by atoms with E-state index in [-0.39, 0.29) is 12.1 Å². The molecular formula is C18H31N3O4. The van der Waals surface area contributed by atoms with Crippen LogP contribution < -0.4 is 5.32 Å². The van der Waals surface area contributed by atoms with Gasteiger partial charge in [-0.25, -0.2) is 9.59 Å². The van der Waals surface area contributed by atoms with Crippen molar-refractivity contribution in [3.8, 4) is 0 Å². The van der Waals surface area contributed by atoms with E-state index in [1.165, 1.54) is 0 Å². The predicted molar refractivity (Wildman–Crippen MR) is 93.4 cm³/mol. The first kappa shape index (κ1) is 18.3. The number of fused-ring (bicyclic) bond motifs is 2. The molecule has 3 heterocycles. The summed E-state index contributed by atoms with van der Waals surface area (Å²) in [5.41, 5.74) is 0. The van der Waals surface area contributed by atoms with Crippen LogP contribution in [0.25, 0.3) is 0 Å². The summed E-state index contributed by atoms with van der Waals surface area (Å²) < 4.78 is 10.5. The molecule has 142 valence electrons. The molecule has 0 saturated carbocycles. The van der Waals surface area contributed by atoms with Gasteiger partial charge in [0.2, 0.25) is 0 Å². The molecule has 3 aliphatic rings. The zero-order valence-electron chi connectivity index (χ0n) is 15.2. The largest absolute Gasteiger partial charge is 0.450 e. The first-order chi connectivity index (χ1) is 12.2. The van der Waals surface area contributed by atoms with Crippen LogP contribution in [-0.2, 0) is 9.47 Å². The minimum atomic E-state index is -0.133. The molecule has 0 radical (unpaired) electrons. The highest BCUT2D eigenvalue weighted by molar-refractivity contribution is 5.74. The molecule has 2 atom stereocenters. The Morgan fingerprint density at radius 2 is 1.84 bits per heavy atom. The van der Waals surface area contributed by atoms with Crippen LogP contribution in [0.4, 0.5) is 9.59 Å². The van der Waals surface area contributed by atoms with Crippen molar-refractivity contribution in [1.29, 1.82) is 0 Å². The van der Waals surface area contributed by atoms with Gasteiger partial charge in [0.15, 0.2) is 0 Å². The monoisotopic (exact) mass is 353 g/mol. The number of amides is 3. The zero-order chi connectivity index (χ0) is 17.6. The number of carbonyl (C=O) groups is 2. The van der Waals surface area contributed by atoms with Gasteiger partial charge in [0.05, 0.1) is 19.8 Å². The third-order valence-corrected chi connectivity index (χ3v) is 5.67. The van der Waals surface area contributed by atoms with Crippen molar-refractivity contribution in [1.82, 2.24) is 15.1 Å². The van der Waals surface area contributed by atoms with Crippen molar-refractivity contribution in [3.05, 3.63) is 0 Å². The number of hydrogen-bond acceptors (Lipinski definition) is 4. The second-order valence-electron chi connectivity index (χ2n) is 7.30. The molecule has 3 amide bonds. The number of nitrogens with one attached hydrogen (secondary N) is 1. The molecule has 2 unspecified atom stereocenters. The number of ether oxygens (including phenoxy) is 2. The molecule has 0 aromatic heterocycles. The molecule has 3 rings (SSSR count). The van der Waals surface area contributed by atoms with Crippen molar-refractivity contribution >= 4 is 12.1 Å². The lowest BCUT2D eigenvalue weighted by Crippen LogP contribution is -2.47. The summed E-state index contributed by atoms with van der Waals surface area (Å²) in [5, 5.41) is 3.02. The Kier molecular flexibility index (Phi) is 6.39. The fourth-order valence-corrected chi connectivity index (χ4v) is 4.49. The van der Waals surface area contributed by atoms with Crippen LogP contribution in [-0.4, -0.2) is 73.5 Å². The van der Waals surface area contributed by atoms with E-state index in [4.69, 9.17) is 9.47 Å². The number of carbonyl (C=O) groups excluding carboxylic acids is 2. The Morgan fingerprint density at radius 1 is 1.16 bits per heavy atom. The number of morpholine rings is 1. The fourth-order valence-electron chi connectivity index (χ4n) is 4.49. The topological polar surface area (TPSA) is 71.1 Å².